The molecule has 0 spiro atoms. The minimum Gasteiger partial charge on any atom is -0.233 e. The average Bonchev–Trinajstić information content (AvgIpc) is 2.95. The van der Waals surface area contributed by atoms with Crippen molar-refractivity contribution in [1.82, 2.24) is 19.9 Å². The first-order valence-electron chi connectivity index (χ1n) is 12.7. The van der Waals surface area contributed by atoms with Gasteiger partial charge >= 0.3 is 0 Å². The summed E-state index contributed by atoms with van der Waals surface area (Å²) in [4.78, 5) is 19.6. The first-order chi connectivity index (χ1) is 18.6. The maximum absolute atomic E-state index is 6.30. The molecule has 186 valence electrons. The normalized spacial score (nSPS) is 11.3. The molecule has 2 aromatic heterocycles. The highest BCUT2D eigenvalue weighted by atomic mass is 35.5. The van der Waals surface area contributed by atoms with Gasteiger partial charge in [0.15, 0.2) is 0 Å². The standard InChI is InChI=1S/C32H24Cl2N4/c33-23-15-17-27-25(19-23)31(21-9-3-1-4-10-21)37-29(35-27)13-7-8-14-30-36-28-18-16-24(34)20-26(28)32(38-30)22-11-5-2-6-12-22/h1-6,9-12,15-20H,7-8,13-14H2. The van der Waals surface area contributed by atoms with Gasteiger partial charge in [-0.2, -0.15) is 0 Å². The molecule has 0 aliphatic rings. The Hall–Kier alpha value is -3.86. The zero-order valence-corrected chi connectivity index (χ0v) is 22.1. The number of nitrogens with zero attached hydrogens (tertiary/aromatic N) is 4. The molecule has 4 aromatic carbocycles. The minimum absolute atomic E-state index is 0.679. The van der Waals surface area contributed by atoms with E-state index in [0.29, 0.717) is 10.0 Å². The van der Waals surface area contributed by atoms with Crippen LogP contribution in [0.25, 0.3) is 44.3 Å². The Balaban J connectivity index is 1.23. The van der Waals surface area contributed by atoms with Gasteiger partial charge in [0.1, 0.15) is 11.6 Å². The Morgan fingerprint density at radius 3 is 1.32 bits per heavy atom. The van der Waals surface area contributed by atoms with Crippen LogP contribution in [0.5, 0.6) is 0 Å². The second-order valence-electron chi connectivity index (χ2n) is 9.24. The van der Waals surface area contributed by atoms with Crippen molar-refractivity contribution < 1.29 is 0 Å². The molecule has 0 aliphatic heterocycles. The highest BCUT2D eigenvalue weighted by molar-refractivity contribution is 6.31. The van der Waals surface area contributed by atoms with E-state index in [-0.39, 0.29) is 0 Å². The number of hydrogen-bond donors (Lipinski definition) is 0. The van der Waals surface area contributed by atoms with Gasteiger partial charge in [0, 0.05) is 44.8 Å². The molecule has 0 aliphatic carbocycles. The van der Waals surface area contributed by atoms with Crippen molar-refractivity contribution in [3.8, 4) is 22.5 Å². The van der Waals surface area contributed by atoms with Crippen LogP contribution < -0.4 is 0 Å². The van der Waals surface area contributed by atoms with E-state index in [0.717, 1.165) is 81.7 Å². The molecule has 0 radical (unpaired) electrons. The molecule has 0 fully saturated rings. The van der Waals surface area contributed by atoms with Crippen LogP contribution in [-0.2, 0) is 12.8 Å². The first kappa shape index (κ1) is 24.5. The van der Waals surface area contributed by atoms with Gasteiger partial charge < -0.3 is 0 Å². The second kappa shape index (κ2) is 10.9. The van der Waals surface area contributed by atoms with E-state index in [2.05, 4.69) is 24.3 Å². The van der Waals surface area contributed by atoms with Crippen LogP contribution in [0.2, 0.25) is 10.0 Å². The molecule has 2 heterocycles. The van der Waals surface area contributed by atoms with Crippen molar-refractivity contribution in [2.24, 2.45) is 0 Å². The Labute approximate surface area is 231 Å². The molecule has 0 N–H and O–H groups in total. The van der Waals surface area contributed by atoms with Crippen molar-refractivity contribution in [1.29, 1.82) is 0 Å². The van der Waals surface area contributed by atoms with Crippen LogP contribution in [0.3, 0.4) is 0 Å². The molecule has 6 heteroatoms. The van der Waals surface area contributed by atoms with Crippen molar-refractivity contribution >= 4 is 45.0 Å². The van der Waals surface area contributed by atoms with Crippen molar-refractivity contribution in [3.05, 3.63) is 119 Å². The van der Waals surface area contributed by atoms with E-state index in [9.17, 15) is 0 Å². The first-order valence-corrected chi connectivity index (χ1v) is 13.4. The fourth-order valence-electron chi connectivity index (χ4n) is 4.72. The Bertz CT molecular complexity index is 1610. The summed E-state index contributed by atoms with van der Waals surface area (Å²) in [7, 11) is 0. The average molecular weight is 535 g/mol. The Morgan fingerprint density at radius 1 is 0.474 bits per heavy atom. The van der Waals surface area contributed by atoms with Gasteiger partial charge in [-0.15, -0.1) is 0 Å². The predicted octanol–water partition coefficient (Wildman–Crippen LogP) is 8.78. The van der Waals surface area contributed by atoms with Gasteiger partial charge in [-0.1, -0.05) is 83.9 Å². The van der Waals surface area contributed by atoms with Crippen molar-refractivity contribution in [2.75, 3.05) is 0 Å². The lowest BCUT2D eigenvalue weighted by Crippen LogP contribution is -2.02. The van der Waals surface area contributed by atoms with Crippen LogP contribution in [0.15, 0.2) is 97.1 Å². The molecule has 0 bridgehead atoms. The quantitative estimate of drug-likeness (QED) is 0.192. The van der Waals surface area contributed by atoms with E-state index >= 15 is 0 Å². The monoisotopic (exact) mass is 534 g/mol. The van der Waals surface area contributed by atoms with E-state index in [1.807, 2.05) is 72.8 Å². The smallest absolute Gasteiger partial charge is 0.129 e. The van der Waals surface area contributed by atoms with Crippen LogP contribution >= 0.6 is 23.2 Å². The van der Waals surface area contributed by atoms with Gasteiger partial charge in [-0.05, 0) is 49.2 Å². The summed E-state index contributed by atoms with van der Waals surface area (Å²) in [6.45, 7) is 0. The van der Waals surface area contributed by atoms with Crippen LogP contribution in [0.1, 0.15) is 24.5 Å². The topological polar surface area (TPSA) is 51.6 Å². The molecule has 0 amide bonds. The van der Waals surface area contributed by atoms with Gasteiger partial charge in [0.25, 0.3) is 0 Å². The number of aryl methyl sites for hydroxylation is 2. The number of fused-ring (bicyclic) bond motifs is 2. The van der Waals surface area contributed by atoms with Crippen LogP contribution in [-0.4, -0.2) is 19.9 Å². The summed E-state index contributed by atoms with van der Waals surface area (Å²) in [5, 5.41) is 3.29. The molecule has 0 saturated heterocycles. The van der Waals surface area contributed by atoms with Crippen molar-refractivity contribution in [2.45, 2.75) is 25.7 Å². The van der Waals surface area contributed by atoms with Gasteiger partial charge in [0.2, 0.25) is 0 Å². The lowest BCUT2D eigenvalue weighted by atomic mass is 10.1. The zero-order valence-electron chi connectivity index (χ0n) is 20.6. The molecule has 6 rings (SSSR count). The molecule has 4 nitrogen and oxygen atoms in total. The van der Waals surface area contributed by atoms with E-state index in [1.165, 1.54) is 0 Å². The third-order valence-electron chi connectivity index (χ3n) is 6.55. The number of aromatic nitrogens is 4. The molecule has 38 heavy (non-hydrogen) atoms. The highest BCUT2D eigenvalue weighted by Gasteiger charge is 2.13. The van der Waals surface area contributed by atoms with Gasteiger partial charge in [0.05, 0.1) is 22.4 Å². The molecular formula is C32H24Cl2N4. The SMILES string of the molecule is Clc1ccc2nc(CCCCc3nc(-c4ccccc4)c4cc(Cl)ccc4n3)nc(-c3ccccc3)c2c1. The predicted molar refractivity (Wildman–Crippen MR) is 157 cm³/mol. The highest BCUT2D eigenvalue weighted by Crippen LogP contribution is 2.30. The summed E-state index contributed by atoms with van der Waals surface area (Å²) in [6, 6.07) is 32.0. The summed E-state index contributed by atoms with van der Waals surface area (Å²) < 4.78 is 0. The third kappa shape index (κ3) is 5.24. The summed E-state index contributed by atoms with van der Waals surface area (Å²) >= 11 is 12.6. The minimum atomic E-state index is 0.679. The lowest BCUT2D eigenvalue weighted by molar-refractivity contribution is 0.691. The summed E-state index contributed by atoms with van der Waals surface area (Å²) in [5.74, 6) is 1.66. The fourth-order valence-corrected chi connectivity index (χ4v) is 5.06. The van der Waals surface area contributed by atoms with Gasteiger partial charge in [-0.25, -0.2) is 19.9 Å². The number of rotatable bonds is 7. The second-order valence-corrected chi connectivity index (χ2v) is 10.1. The van der Waals surface area contributed by atoms with Crippen molar-refractivity contribution in [3.63, 3.8) is 0 Å². The fraction of sp³-hybridized carbons (Fsp3) is 0.125. The van der Waals surface area contributed by atoms with Gasteiger partial charge in [-0.3, -0.25) is 0 Å². The largest absolute Gasteiger partial charge is 0.233 e. The van der Waals surface area contributed by atoms with E-state index < -0.39 is 0 Å². The van der Waals surface area contributed by atoms with Crippen LogP contribution in [0, 0.1) is 0 Å². The zero-order chi connectivity index (χ0) is 25.9. The summed E-state index contributed by atoms with van der Waals surface area (Å²) in [6.07, 6.45) is 3.40. The molecule has 0 atom stereocenters. The maximum atomic E-state index is 6.30. The Kier molecular flexibility index (Phi) is 7.00. The van der Waals surface area contributed by atoms with Crippen LogP contribution in [0.4, 0.5) is 0 Å². The Morgan fingerprint density at radius 2 is 0.895 bits per heavy atom. The number of benzene rings is 4. The number of halogens is 2. The lowest BCUT2D eigenvalue weighted by Gasteiger charge is -2.11. The molecule has 0 unspecified atom stereocenters. The molecular weight excluding hydrogens is 511 g/mol. The number of unbranched alkanes of at least 4 members (excludes halogenated alkanes) is 1. The summed E-state index contributed by atoms with van der Waals surface area (Å²) in [5.41, 5.74) is 5.75. The van der Waals surface area contributed by atoms with E-state index in [4.69, 9.17) is 43.1 Å². The molecule has 0 saturated carbocycles. The molecule has 6 aromatic rings. The third-order valence-corrected chi connectivity index (χ3v) is 7.02. The number of hydrogen-bond acceptors (Lipinski definition) is 4. The maximum Gasteiger partial charge on any atom is 0.129 e. The van der Waals surface area contributed by atoms with E-state index in [1.54, 1.807) is 0 Å².